The zero-order valence-corrected chi connectivity index (χ0v) is 9.39. The molecule has 1 heterocycles. The second kappa shape index (κ2) is 3.52. The van der Waals surface area contributed by atoms with Crippen LogP contribution in [0.4, 0.5) is 0 Å². The predicted octanol–water partition coefficient (Wildman–Crippen LogP) is 2.90. The molecule has 0 bridgehead atoms. The van der Waals surface area contributed by atoms with Crippen molar-refractivity contribution in [1.82, 2.24) is 9.78 Å². The van der Waals surface area contributed by atoms with E-state index in [1.54, 1.807) is 0 Å². The van der Waals surface area contributed by atoms with Gasteiger partial charge in [-0.15, -0.1) is 0 Å². The summed E-state index contributed by atoms with van der Waals surface area (Å²) >= 11 is 0. The summed E-state index contributed by atoms with van der Waals surface area (Å²) in [6.07, 6.45) is 4.51. The summed E-state index contributed by atoms with van der Waals surface area (Å²) in [4.78, 5) is 0. The highest BCUT2D eigenvalue weighted by atomic mass is 15.3. The van der Waals surface area contributed by atoms with Crippen molar-refractivity contribution in [1.29, 1.82) is 0 Å². The second-order valence-electron chi connectivity index (χ2n) is 4.61. The molecule has 0 aliphatic heterocycles. The third-order valence-corrected chi connectivity index (χ3v) is 2.21. The van der Waals surface area contributed by atoms with Gasteiger partial charge in [0.15, 0.2) is 0 Å². The molecule has 0 radical (unpaired) electrons. The molecule has 0 aliphatic rings. The highest BCUT2D eigenvalue weighted by Crippen LogP contribution is 2.16. The number of aryl methyl sites for hydroxylation is 2. The Hall–Kier alpha value is -0.790. The molecule has 0 N–H and O–H groups in total. The minimum atomic E-state index is 0.108. The van der Waals surface area contributed by atoms with Gasteiger partial charge < -0.3 is 0 Å². The van der Waals surface area contributed by atoms with Gasteiger partial charge in [0.2, 0.25) is 0 Å². The van der Waals surface area contributed by atoms with Crippen LogP contribution in [0.3, 0.4) is 0 Å². The van der Waals surface area contributed by atoms with Crippen LogP contribution < -0.4 is 0 Å². The Kier molecular flexibility index (Phi) is 2.79. The van der Waals surface area contributed by atoms with E-state index >= 15 is 0 Å². The van der Waals surface area contributed by atoms with E-state index in [-0.39, 0.29) is 5.54 Å². The van der Waals surface area contributed by atoms with Crippen LogP contribution >= 0.6 is 0 Å². The van der Waals surface area contributed by atoms with Gasteiger partial charge in [-0.2, -0.15) is 5.10 Å². The zero-order chi connectivity index (χ0) is 10.1. The maximum absolute atomic E-state index is 4.52. The average Bonchev–Trinajstić information content (AvgIpc) is 2.32. The van der Waals surface area contributed by atoms with Crippen LogP contribution in [0.25, 0.3) is 0 Å². The molecule has 0 spiro atoms. The van der Waals surface area contributed by atoms with Gasteiger partial charge in [-0.3, -0.25) is 4.68 Å². The van der Waals surface area contributed by atoms with Crippen LogP contribution in [0.5, 0.6) is 0 Å². The molecule has 1 aromatic heterocycles. The summed E-state index contributed by atoms with van der Waals surface area (Å²) in [5.74, 6) is 0. The van der Waals surface area contributed by atoms with Gasteiger partial charge in [0, 0.05) is 6.20 Å². The van der Waals surface area contributed by atoms with Crippen molar-refractivity contribution in [2.75, 3.05) is 0 Å². The molecule has 74 valence electrons. The molecule has 13 heavy (non-hydrogen) atoms. The predicted molar refractivity (Wildman–Crippen MR) is 56.0 cm³/mol. The summed E-state index contributed by atoms with van der Waals surface area (Å²) in [7, 11) is 0. The van der Waals surface area contributed by atoms with Crippen LogP contribution in [-0.4, -0.2) is 9.78 Å². The van der Waals surface area contributed by atoms with E-state index in [9.17, 15) is 0 Å². The fraction of sp³-hybridized carbons (Fsp3) is 0.727. The SMILES string of the molecule is CCCc1cn(C(C)(C)C)nc1C. The van der Waals surface area contributed by atoms with Crippen LogP contribution in [0, 0.1) is 6.92 Å². The summed E-state index contributed by atoms with van der Waals surface area (Å²) in [6.45, 7) is 10.8. The number of rotatable bonds is 2. The van der Waals surface area contributed by atoms with Crippen molar-refractivity contribution in [3.63, 3.8) is 0 Å². The molecule has 2 nitrogen and oxygen atoms in total. The largest absolute Gasteiger partial charge is 0.267 e. The molecular weight excluding hydrogens is 160 g/mol. The van der Waals surface area contributed by atoms with Gasteiger partial charge in [-0.1, -0.05) is 13.3 Å². The lowest BCUT2D eigenvalue weighted by atomic mass is 10.1. The second-order valence-corrected chi connectivity index (χ2v) is 4.61. The van der Waals surface area contributed by atoms with E-state index in [0.29, 0.717) is 0 Å². The van der Waals surface area contributed by atoms with E-state index < -0.39 is 0 Å². The third-order valence-electron chi connectivity index (χ3n) is 2.21. The summed E-state index contributed by atoms with van der Waals surface area (Å²) in [5.41, 5.74) is 2.67. The van der Waals surface area contributed by atoms with E-state index in [0.717, 1.165) is 6.42 Å². The van der Waals surface area contributed by atoms with Gasteiger partial charge in [-0.05, 0) is 39.7 Å². The monoisotopic (exact) mass is 180 g/mol. The maximum Gasteiger partial charge on any atom is 0.0625 e. The normalized spacial score (nSPS) is 12.1. The number of nitrogens with zero attached hydrogens (tertiary/aromatic N) is 2. The summed E-state index contributed by atoms with van der Waals surface area (Å²) in [6, 6.07) is 0. The Bertz CT molecular complexity index is 279. The molecule has 0 saturated carbocycles. The van der Waals surface area contributed by atoms with Crippen LogP contribution in [0.2, 0.25) is 0 Å². The molecule has 0 saturated heterocycles. The van der Waals surface area contributed by atoms with Crippen molar-refractivity contribution >= 4 is 0 Å². The quantitative estimate of drug-likeness (QED) is 0.684. The highest BCUT2D eigenvalue weighted by Gasteiger charge is 2.15. The van der Waals surface area contributed by atoms with Crippen molar-refractivity contribution in [3.05, 3.63) is 17.5 Å². The third kappa shape index (κ3) is 2.33. The molecule has 0 aliphatic carbocycles. The van der Waals surface area contributed by atoms with E-state index in [1.807, 2.05) is 0 Å². The first-order valence-electron chi connectivity index (χ1n) is 5.00. The van der Waals surface area contributed by atoms with Gasteiger partial charge in [0.05, 0.1) is 11.2 Å². The fourth-order valence-corrected chi connectivity index (χ4v) is 1.35. The Labute approximate surface area is 81.0 Å². The molecule has 2 heteroatoms. The zero-order valence-electron chi connectivity index (χ0n) is 9.39. The van der Waals surface area contributed by atoms with Crippen LogP contribution in [0.1, 0.15) is 45.4 Å². The van der Waals surface area contributed by atoms with Crippen LogP contribution in [0.15, 0.2) is 6.20 Å². The molecule has 0 amide bonds. The number of hydrogen-bond donors (Lipinski definition) is 0. The Morgan fingerprint density at radius 2 is 2.00 bits per heavy atom. The first-order chi connectivity index (χ1) is 5.95. The highest BCUT2D eigenvalue weighted by molar-refractivity contribution is 5.16. The Balaban J connectivity index is 2.95. The van der Waals surface area contributed by atoms with Crippen molar-refractivity contribution in [2.45, 2.75) is 53.0 Å². The molecule has 0 fully saturated rings. The first kappa shape index (κ1) is 10.3. The minimum Gasteiger partial charge on any atom is -0.267 e. The van der Waals surface area contributed by atoms with Gasteiger partial charge in [0.25, 0.3) is 0 Å². The van der Waals surface area contributed by atoms with Crippen molar-refractivity contribution < 1.29 is 0 Å². The molecule has 0 unspecified atom stereocenters. The lowest BCUT2D eigenvalue weighted by Crippen LogP contribution is -2.22. The maximum atomic E-state index is 4.52. The Morgan fingerprint density at radius 3 is 2.38 bits per heavy atom. The van der Waals surface area contributed by atoms with Gasteiger partial charge >= 0.3 is 0 Å². The first-order valence-corrected chi connectivity index (χ1v) is 5.00. The fourth-order valence-electron chi connectivity index (χ4n) is 1.35. The molecule has 1 aromatic rings. The summed E-state index contributed by atoms with van der Waals surface area (Å²) in [5, 5.41) is 4.52. The number of aromatic nitrogens is 2. The minimum absolute atomic E-state index is 0.108. The standard InChI is InChI=1S/C11H20N2/c1-6-7-10-8-13(11(3,4)5)12-9(10)2/h8H,6-7H2,1-5H3. The van der Waals surface area contributed by atoms with Crippen molar-refractivity contribution in [3.8, 4) is 0 Å². The van der Waals surface area contributed by atoms with E-state index in [4.69, 9.17) is 0 Å². The summed E-state index contributed by atoms with van der Waals surface area (Å²) < 4.78 is 2.06. The van der Waals surface area contributed by atoms with Crippen molar-refractivity contribution in [2.24, 2.45) is 0 Å². The van der Waals surface area contributed by atoms with E-state index in [2.05, 4.69) is 50.6 Å². The molecule has 1 rings (SSSR count). The van der Waals surface area contributed by atoms with Gasteiger partial charge in [-0.25, -0.2) is 0 Å². The molecular formula is C11H20N2. The van der Waals surface area contributed by atoms with Crippen LogP contribution in [-0.2, 0) is 12.0 Å². The smallest absolute Gasteiger partial charge is 0.0625 e. The number of hydrogen-bond acceptors (Lipinski definition) is 1. The lowest BCUT2D eigenvalue weighted by Gasteiger charge is -2.18. The van der Waals surface area contributed by atoms with E-state index in [1.165, 1.54) is 17.7 Å². The lowest BCUT2D eigenvalue weighted by molar-refractivity contribution is 0.354. The molecule has 0 aromatic carbocycles. The van der Waals surface area contributed by atoms with Gasteiger partial charge in [0.1, 0.15) is 0 Å². The topological polar surface area (TPSA) is 17.8 Å². The molecule has 0 atom stereocenters. The average molecular weight is 180 g/mol. The Morgan fingerprint density at radius 1 is 1.38 bits per heavy atom.